The SMILES string of the molecule is Cc1ccc(NCC(C(N)=NO)c2ccccc2)cc1F. The van der Waals surface area contributed by atoms with Crippen molar-refractivity contribution in [1.82, 2.24) is 0 Å². The summed E-state index contributed by atoms with van der Waals surface area (Å²) in [5, 5.41) is 15.1. The van der Waals surface area contributed by atoms with Gasteiger partial charge >= 0.3 is 0 Å². The molecular formula is C16H18FN3O. The monoisotopic (exact) mass is 287 g/mol. The summed E-state index contributed by atoms with van der Waals surface area (Å²) in [7, 11) is 0. The Morgan fingerprint density at radius 3 is 2.62 bits per heavy atom. The number of oxime groups is 1. The van der Waals surface area contributed by atoms with Crippen LogP contribution in [0.1, 0.15) is 17.0 Å². The van der Waals surface area contributed by atoms with E-state index in [4.69, 9.17) is 10.9 Å². The number of amidine groups is 1. The van der Waals surface area contributed by atoms with Crippen molar-refractivity contribution < 1.29 is 9.60 Å². The fourth-order valence-electron chi connectivity index (χ4n) is 2.07. The first kappa shape index (κ1) is 14.8. The number of rotatable bonds is 5. The van der Waals surface area contributed by atoms with E-state index < -0.39 is 0 Å². The van der Waals surface area contributed by atoms with Gasteiger partial charge in [-0.3, -0.25) is 0 Å². The van der Waals surface area contributed by atoms with E-state index in [1.165, 1.54) is 6.07 Å². The van der Waals surface area contributed by atoms with Gasteiger partial charge in [-0.1, -0.05) is 41.6 Å². The molecule has 1 unspecified atom stereocenters. The highest BCUT2D eigenvalue weighted by molar-refractivity contribution is 5.87. The molecule has 1 atom stereocenters. The minimum atomic E-state index is -0.291. The molecule has 5 heteroatoms. The molecule has 110 valence electrons. The van der Waals surface area contributed by atoms with Gasteiger partial charge in [0.25, 0.3) is 0 Å². The second kappa shape index (κ2) is 6.74. The Bertz CT molecular complexity index is 629. The maximum atomic E-state index is 13.5. The van der Waals surface area contributed by atoms with Gasteiger partial charge in [-0.15, -0.1) is 0 Å². The summed E-state index contributed by atoms with van der Waals surface area (Å²) in [5.41, 5.74) is 7.93. The van der Waals surface area contributed by atoms with Gasteiger partial charge < -0.3 is 16.3 Å². The Morgan fingerprint density at radius 2 is 2.00 bits per heavy atom. The lowest BCUT2D eigenvalue weighted by Gasteiger charge is -2.17. The van der Waals surface area contributed by atoms with Crippen LogP contribution in [0.4, 0.5) is 10.1 Å². The lowest BCUT2D eigenvalue weighted by molar-refractivity contribution is 0.316. The smallest absolute Gasteiger partial charge is 0.148 e. The normalized spacial score (nSPS) is 13.0. The summed E-state index contributed by atoms with van der Waals surface area (Å²) in [6, 6.07) is 14.4. The van der Waals surface area contributed by atoms with Crippen molar-refractivity contribution in [3.05, 3.63) is 65.5 Å². The van der Waals surface area contributed by atoms with Crippen molar-refractivity contribution in [2.75, 3.05) is 11.9 Å². The molecule has 2 rings (SSSR count). The maximum absolute atomic E-state index is 13.5. The molecule has 4 nitrogen and oxygen atoms in total. The summed E-state index contributed by atoms with van der Waals surface area (Å²) in [6.07, 6.45) is 0. The summed E-state index contributed by atoms with van der Waals surface area (Å²) in [4.78, 5) is 0. The van der Waals surface area contributed by atoms with Crippen LogP contribution in [0, 0.1) is 12.7 Å². The Hall–Kier alpha value is -2.56. The largest absolute Gasteiger partial charge is 0.409 e. The number of hydrogen-bond donors (Lipinski definition) is 3. The zero-order chi connectivity index (χ0) is 15.2. The van der Waals surface area contributed by atoms with Gasteiger partial charge in [-0.2, -0.15) is 0 Å². The zero-order valence-corrected chi connectivity index (χ0v) is 11.8. The maximum Gasteiger partial charge on any atom is 0.148 e. The quantitative estimate of drug-likeness (QED) is 0.342. The van der Waals surface area contributed by atoms with Crippen LogP contribution in [-0.4, -0.2) is 17.6 Å². The molecule has 0 aliphatic carbocycles. The number of aryl methyl sites for hydroxylation is 1. The van der Waals surface area contributed by atoms with Crippen LogP contribution < -0.4 is 11.1 Å². The Kier molecular flexibility index (Phi) is 4.77. The fourth-order valence-corrected chi connectivity index (χ4v) is 2.07. The van der Waals surface area contributed by atoms with E-state index in [0.717, 1.165) is 5.56 Å². The van der Waals surface area contributed by atoms with Crippen molar-refractivity contribution in [2.24, 2.45) is 10.9 Å². The van der Waals surface area contributed by atoms with Crippen molar-refractivity contribution in [3.8, 4) is 0 Å². The van der Waals surface area contributed by atoms with Gasteiger partial charge in [0.05, 0.1) is 5.92 Å². The van der Waals surface area contributed by atoms with E-state index in [2.05, 4.69) is 10.5 Å². The van der Waals surface area contributed by atoms with Crippen LogP contribution in [0.3, 0.4) is 0 Å². The molecular weight excluding hydrogens is 269 g/mol. The van der Waals surface area contributed by atoms with Gasteiger partial charge in [0.1, 0.15) is 11.7 Å². The molecule has 0 saturated carbocycles. The van der Waals surface area contributed by atoms with Crippen molar-refractivity contribution in [2.45, 2.75) is 12.8 Å². The van der Waals surface area contributed by atoms with E-state index in [1.807, 2.05) is 30.3 Å². The number of anilines is 1. The number of nitrogens with zero attached hydrogens (tertiary/aromatic N) is 1. The van der Waals surface area contributed by atoms with E-state index in [9.17, 15) is 4.39 Å². The molecule has 2 aromatic rings. The second-order valence-corrected chi connectivity index (χ2v) is 4.83. The molecule has 0 amide bonds. The van der Waals surface area contributed by atoms with Gasteiger partial charge in [0, 0.05) is 12.2 Å². The van der Waals surface area contributed by atoms with E-state index in [1.54, 1.807) is 19.1 Å². The first-order valence-electron chi connectivity index (χ1n) is 6.64. The molecule has 0 aliphatic heterocycles. The van der Waals surface area contributed by atoms with Crippen LogP contribution in [-0.2, 0) is 0 Å². The average Bonchev–Trinajstić information content (AvgIpc) is 2.51. The van der Waals surface area contributed by atoms with Gasteiger partial charge in [0.2, 0.25) is 0 Å². The predicted octanol–water partition coefficient (Wildman–Crippen LogP) is 3.08. The highest BCUT2D eigenvalue weighted by Crippen LogP contribution is 2.19. The van der Waals surface area contributed by atoms with Crippen LogP contribution in [0.2, 0.25) is 0 Å². The Labute approximate surface area is 123 Å². The topological polar surface area (TPSA) is 70.6 Å². The molecule has 2 aromatic carbocycles. The Balaban J connectivity index is 2.15. The third-order valence-electron chi connectivity index (χ3n) is 3.36. The van der Waals surface area contributed by atoms with Gasteiger partial charge in [-0.05, 0) is 30.2 Å². The van der Waals surface area contributed by atoms with Crippen LogP contribution in [0.15, 0.2) is 53.7 Å². The van der Waals surface area contributed by atoms with Gasteiger partial charge in [0.15, 0.2) is 0 Å². The first-order valence-corrected chi connectivity index (χ1v) is 6.64. The van der Waals surface area contributed by atoms with Crippen molar-refractivity contribution in [3.63, 3.8) is 0 Å². The van der Waals surface area contributed by atoms with E-state index >= 15 is 0 Å². The number of nitrogens with one attached hydrogen (secondary N) is 1. The highest BCUT2D eigenvalue weighted by Gasteiger charge is 2.16. The third-order valence-corrected chi connectivity index (χ3v) is 3.36. The average molecular weight is 287 g/mol. The highest BCUT2D eigenvalue weighted by atomic mass is 19.1. The molecule has 0 fully saturated rings. The van der Waals surface area contributed by atoms with E-state index in [0.29, 0.717) is 17.8 Å². The first-order chi connectivity index (χ1) is 10.1. The second-order valence-electron chi connectivity index (χ2n) is 4.83. The molecule has 4 N–H and O–H groups in total. The molecule has 0 heterocycles. The summed E-state index contributed by atoms with van der Waals surface area (Å²) in [6.45, 7) is 2.12. The van der Waals surface area contributed by atoms with Crippen molar-refractivity contribution in [1.29, 1.82) is 0 Å². The van der Waals surface area contributed by atoms with E-state index in [-0.39, 0.29) is 17.6 Å². The third kappa shape index (κ3) is 3.72. The molecule has 0 spiro atoms. The van der Waals surface area contributed by atoms with Gasteiger partial charge in [-0.25, -0.2) is 4.39 Å². The molecule has 0 aromatic heterocycles. The lowest BCUT2D eigenvalue weighted by Crippen LogP contribution is -2.28. The van der Waals surface area contributed by atoms with Crippen LogP contribution in [0.5, 0.6) is 0 Å². The Morgan fingerprint density at radius 1 is 1.29 bits per heavy atom. The molecule has 0 aliphatic rings. The lowest BCUT2D eigenvalue weighted by atomic mass is 9.98. The zero-order valence-electron chi connectivity index (χ0n) is 11.8. The number of halogens is 1. The molecule has 21 heavy (non-hydrogen) atoms. The predicted molar refractivity (Wildman–Crippen MR) is 82.2 cm³/mol. The number of hydrogen-bond acceptors (Lipinski definition) is 3. The number of nitrogens with two attached hydrogens (primary N) is 1. The molecule has 0 saturated heterocycles. The summed E-state index contributed by atoms with van der Waals surface area (Å²) < 4.78 is 13.5. The van der Waals surface area contributed by atoms with Crippen LogP contribution in [0.25, 0.3) is 0 Å². The summed E-state index contributed by atoms with van der Waals surface area (Å²) >= 11 is 0. The van der Waals surface area contributed by atoms with Crippen LogP contribution >= 0.6 is 0 Å². The molecule has 0 bridgehead atoms. The number of benzene rings is 2. The molecule has 0 radical (unpaired) electrons. The minimum Gasteiger partial charge on any atom is -0.409 e. The summed E-state index contributed by atoms with van der Waals surface area (Å²) in [5.74, 6) is -0.443. The standard InChI is InChI=1S/C16H18FN3O/c1-11-7-8-13(9-15(11)17)19-10-14(16(18)20-21)12-5-3-2-4-6-12/h2-9,14,19,21H,10H2,1H3,(H2,18,20). The fraction of sp³-hybridized carbons (Fsp3) is 0.188. The van der Waals surface area contributed by atoms with Crippen molar-refractivity contribution >= 4 is 11.5 Å². The minimum absolute atomic E-state index is 0.112.